The first-order valence-corrected chi connectivity index (χ1v) is 8.29. The summed E-state index contributed by atoms with van der Waals surface area (Å²) in [5.41, 5.74) is -1.26. The molecule has 0 unspecified atom stereocenters. The summed E-state index contributed by atoms with van der Waals surface area (Å²) in [5, 5.41) is -0.404. The fourth-order valence-corrected chi connectivity index (χ4v) is 3.39. The molecule has 4 nitrogen and oxygen atoms in total. The molecule has 0 fully saturated rings. The fourth-order valence-electron chi connectivity index (χ4n) is 1.80. The van der Waals surface area contributed by atoms with Crippen LogP contribution in [0.3, 0.4) is 0 Å². The Kier molecular flexibility index (Phi) is 5.43. The third-order valence-electron chi connectivity index (χ3n) is 2.88. The van der Waals surface area contributed by atoms with Crippen molar-refractivity contribution in [2.45, 2.75) is 17.7 Å². The van der Waals surface area contributed by atoms with Crippen LogP contribution in [0, 0.1) is 0 Å². The summed E-state index contributed by atoms with van der Waals surface area (Å²) in [7, 11) is -4.43. The van der Waals surface area contributed by atoms with Crippen LogP contribution in [-0.4, -0.2) is 15.0 Å². The molecule has 0 aliphatic carbocycles. The van der Waals surface area contributed by atoms with Gasteiger partial charge in [0.15, 0.2) is 0 Å². The molecular formula is C14H9ClF5NO3S. The number of hydrogen-bond donors (Lipinski definition) is 1. The molecule has 0 spiro atoms. The maximum atomic E-state index is 12.7. The van der Waals surface area contributed by atoms with Crippen molar-refractivity contribution in [3.05, 3.63) is 53.1 Å². The van der Waals surface area contributed by atoms with Crippen LogP contribution < -0.4 is 9.46 Å². The van der Waals surface area contributed by atoms with E-state index in [9.17, 15) is 30.4 Å². The molecule has 1 N–H and O–H groups in total. The highest BCUT2D eigenvalue weighted by Crippen LogP contribution is 2.34. The van der Waals surface area contributed by atoms with Crippen molar-refractivity contribution in [1.82, 2.24) is 0 Å². The van der Waals surface area contributed by atoms with Gasteiger partial charge in [-0.15, -0.1) is 0 Å². The van der Waals surface area contributed by atoms with Crippen molar-refractivity contribution < 1.29 is 35.1 Å². The van der Waals surface area contributed by atoms with Crippen LogP contribution >= 0.6 is 11.6 Å². The van der Waals surface area contributed by atoms with Gasteiger partial charge in [-0.3, -0.25) is 4.72 Å². The van der Waals surface area contributed by atoms with Gasteiger partial charge in [0.05, 0.1) is 10.6 Å². The molecule has 0 heterocycles. The number of halogens is 6. The second kappa shape index (κ2) is 7.04. The highest BCUT2D eigenvalue weighted by Gasteiger charge is 2.32. The molecule has 136 valence electrons. The molecule has 0 bridgehead atoms. The van der Waals surface area contributed by atoms with Crippen LogP contribution in [0.15, 0.2) is 47.4 Å². The molecule has 11 heteroatoms. The van der Waals surface area contributed by atoms with Gasteiger partial charge in [0, 0.05) is 5.69 Å². The summed E-state index contributed by atoms with van der Waals surface area (Å²) >= 11 is 5.69. The van der Waals surface area contributed by atoms with Crippen molar-refractivity contribution in [1.29, 1.82) is 0 Å². The molecule has 0 saturated carbocycles. The van der Waals surface area contributed by atoms with E-state index in [2.05, 4.69) is 4.74 Å². The standard InChI is InChI=1S/C14H9ClF5NO3S/c15-11-6-1-8(14(18,19)20)7-12(11)25(22,23)21-9-2-4-10(5-3-9)24-13(16)17/h1-7,13,21H. The van der Waals surface area contributed by atoms with Gasteiger partial charge in [0.2, 0.25) is 0 Å². The van der Waals surface area contributed by atoms with E-state index in [1.807, 2.05) is 4.72 Å². The smallest absolute Gasteiger partial charge is 0.416 e. The minimum absolute atomic E-state index is 0.0740. The molecule has 2 rings (SSSR count). The minimum atomic E-state index is -4.75. The lowest BCUT2D eigenvalue weighted by atomic mass is 10.2. The molecule has 0 amide bonds. The second-order valence-corrected chi connectivity index (χ2v) is 6.71. The van der Waals surface area contributed by atoms with E-state index in [0.29, 0.717) is 12.1 Å². The first-order valence-electron chi connectivity index (χ1n) is 6.43. The van der Waals surface area contributed by atoms with E-state index in [4.69, 9.17) is 11.6 Å². The van der Waals surface area contributed by atoms with Gasteiger partial charge in [0.25, 0.3) is 10.0 Å². The molecule has 2 aromatic rings. The molecule has 0 radical (unpaired) electrons. The summed E-state index contributed by atoms with van der Waals surface area (Å²) in [6.07, 6.45) is -4.75. The Morgan fingerprint density at radius 1 is 1.04 bits per heavy atom. The Hall–Kier alpha value is -2.07. The lowest BCUT2D eigenvalue weighted by molar-refractivity contribution is -0.137. The quantitative estimate of drug-likeness (QED) is 0.735. The number of hydrogen-bond acceptors (Lipinski definition) is 3. The second-order valence-electron chi connectivity index (χ2n) is 4.65. The third-order valence-corrected chi connectivity index (χ3v) is 4.74. The SMILES string of the molecule is O=S(=O)(Nc1ccc(OC(F)F)cc1)c1cc(C(F)(F)F)ccc1Cl. The van der Waals surface area contributed by atoms with Crippen LogP contribution in [0.25, 0.3) is 0 Å². The Balaban J connectivity index is 2.30. The summed E-state index contributed by atoms with van der Waals surface area (Å²) in [6, 6.07) is 6.22. The lowest BCUT2D eigenvalue weighted by Gasteiger charge is -2.13. The Bertz CT molecular complexity index is 854. The Labute approximate surface area is 144 Å². The number of rotatable bonds is 5. The molecule has 0 aromatic heterocycles. The van der Waals surface area contributed by atoms with E-state index in [0.717, 1.165) is 30.3 Å². The maximum absolute atomic E-state index is 12.7. The highest BCUT2D eigenvalue weighted by atomic mass is 35.5. The van der Waals surface area contributed by atoms with Crippen molar-refractivity contribution in [2.24, 2.45) is 0 Å². The van der Waals surface area contributed by atoms with Crippen molar-refractivity contribution in [3.8, 4) is 5.75 Å². The van der Waals surface area contributed by atoms with Crippen molar-refractivity contribution in [3.63, 3.8) is 0 Å². The van der Waals surface area contributed by atoms with Gasteiger partial charge in [-0.05, 0) is 42.5 Å². The Morgan fingerprint density at radius 2 is 1.64 bits per heavy atom. The Morgan fingerprint density at radius 3 is 2.16 bits per heavy atom. The molecular weight excluding hydrogens is 393 g/mol. The molecule has 0 saturated heterocycles. The molecule has 0 atom stereocenters. The number of alkyl halides is 5. The molecule has 0 aliphatic rings. The fraction of sp³-hybridized carbons (Fsp3) is 0.143. The first kappa shape index (κ1) is 19.3. The van der Waals surface area contributed by atoms with Crippen LogP contribution in [0.2, 0.25) is 5.02 Å². The number of ether oxygens (including phenoxy) is 1. The zero-order valence-electron chi connectivity index (χ0n) is 12.0. The monoisotopic (exact) mass is 401 g/mol. The summed E-state index contributed by atoms with van der Waals surface area (Å²) in [4.78, 5) is -0.767. The van der Waals surface area contributed by atoms with Gasteiger partial charge in [-0.1, -0.05) is 11.6 Å². The summed E-state index contributed by atoms with van der Waals surface area (Å²) in [5.74, 6) is -0.213. The normalized spacial score (nSPS) is 12.3. The van der Waals surface area contributed by atoms with Crippen molar-refractivity contribution >= 4 is 27.3 Å². The minimum Gasteiger partial charge on any atom is -0.435 e. The van der Waals surface area contributed by atoms with E-state index in [1.165, 1.54) is 0 Å². The van der Waals surface area contributed by atoms with E-state index in [-0.39, 0.29) is 11.4 Å². The number of nitrogens with one attached hydrogen (secondary N) is 1. The van der Waals surface area contributed by atoms with Gasteiger partial charge >= 0.3 is 12.8 Å². The molecule has 2 aromatic carbocycles. The van der Waals surface area contributed by atoms with Crippen LogP contribution in [0.4, 0.5) is 27.6 Å². The third kappa shape index (κ3) is 4.95. The molecule has 25 heavy (non-hydrogen) atoms. The largest absolute Gasteiger partial charge is 0.435 e. The average molecular weight is 402 g/mol. The summed E-state index contributed by atoms with van der Waals surface area (Å²) < 4.78 is 92.9. The average Bonchev–Trinajstić information content (AvgIpc) is 2.47. The van der Waals surface area contributed by atoms with E-state index < -0.39 is 38.3 Å². The number of benzene rings is 2. The number of anilines is 1. The van der Waals surface area contributed by atoms with Crippen LogP contribution in [0.5, 0.6) is 5.75 Å². The van der Waals surface area contributed by atoms with Gasteiger partial charge in [-0.2, -0.15) is 22.0 Å². The first-order chi connectivity index (χ1) is 11.5. The topological polar surface area (TPSA) is 55.4 Å². The maximum Gasteiger partial charge on any atom is 0.416 e. The van der Waals surface area contributed by atoms with Gasteiger partial charge in [-0.25, -0.2) is 8.42 Å². The van der Waals surface area contributed by atoms with Gasteiger partial charge < -0.3 is 4.74 Å². The van der Waals surface area contributed by atoms with Gasteiger partial charge in [0.1, 0.15) is 10.6 Å². The van der Waals surface area contributed by atoms with Crippen LogP contribution in [-0.2, 0) is 16.2 Å². The zero-order valence-corrected chi connectivity index (χ0v) is 13.6. The predicted octanol–water partition coefficient (Wildman–Crippen LogP) is 4.76. The number of sulfonamides is 1. The van der Waals surface area contributed by atoms with E-state index in [1.54, 1.807) is 0 Å². The zero-order chi connectivity index (χ0) is 18.8. The highest BCUT2D eigenvalue weighted by molar-refractivity contribution is 7.92. The summed E-state index contributed by atoms with van der Waals surface area (Å²) in [6.45, 7) is -3.05. The lowest BCUT2D eigenvalue weighted by Crippen LogP contribution is -2.15. The van der Waals surface area contributed by atoms with Crippen LogP contribution in [0.1, 0.15) is 5.56 Å². The molecule has 0 aliphatic heterocycles. The predicted molar refractivity (Wildman–Crippen MR) is 80.3 cm³/mol. The van der Waals surface area contributed by atoms with Crippen molar-refractivity contribution in [2.75, 3.05) is 4.72 Å². The van der Waals surface area contributed by atoms with E-state index >= 15 is 0 Å².